The van der Waals surface area contributed by atoms with Crippen LogP contribution in [0.1, 0.15) is 18.5 Å². The average Bonchev–Trinajstić information content (AvgIpc) is 2.35. The smallest absolute Gasteiger partial charge is 0.325 e. The van der Waals surface area contributed by atoms with Gasteiger partial charge in [0, 0.05) is 13.7 Å². The summed E-state index contributed by atoms with van der Waals surface area (Å²) in [5.74, 6) is -0.241. The van der Waals surface area contributed by atoms with E-state index in [1.165, 1.54) is 0 Å². The number of carboxylic acids is 1. The molecular formula is C13H19NO4. The Kier molecular flexibility index (Phi) is 6.18. The summed E-state index contributed by atoms with van der Waals surface area (Å²) in [6.45, 7) is 3.39. The second-order valence-corrected chi connectivity index (χ2v) is 3.72. The van der Waals surface area contributed by atoms with Gasteiger partial charge in [-0.25, -0.2) is 0 Å². The van der Waals surface area contributed by atoms with Crippen LogP contribution in [0, 0.1) is 0 Å². The normalized spacial score (nSPS) is 12.1. The maximum absolute atomic E-state index is 11.2. The Morgan fingerprint density at radius 1 is 1.50 bits per heavy atom. The fourth-order valence-corrected chi connectivity index (χ4v) is 1.60. The number of methoxy groups -OCH3 is 1. The number of carbonyl (C=O) groups is 1. The van der Waals surface area contributed by atoms with Crippen molar-refractivity contribution < 1.29 is 19.4 Å². The quantitative estimate of drug-likeness (QED) is 0.686. The molecule has 0 saturated carbocycles. The predicted molar refractivity (Wildman–Crippen MR) is 67.9 cm³/mol. The van der Waals surface area contributed by atoms with Crippen LogP contribution in [0.25, 0.3) is 0 Å². The first-order valence-electron chi connectivity index (χ1n) is 5.87. The molecule has 1 aromatic carbocycles. The average molecular weight is 253 g/mol. The molecule has 0 aliphatic heterocycles. The van der Waals surface area contributed by atoms with Gasteiger partial charge >= 0.3 is 5.97 Å². The Balaban J connectivity index is 2.77. The third-order valence-corrected chi connectivity index (χ3v) is 2.40. The van der Waals surface area contributed by atoms with E-state index in [0.29, 0.717) is 31.1 Å². The van der Waals surface area contributed by atoms with Gasteiger partial charge in [0.15, 0.2) is 0 Å². The lowest BCUT2D eigenvalue weighted by molar-refractivity contribution is -0.139. The van der Waals surface area contributed by atoms with Gasteiger partial charge in [-0.1, -0.05) is 12.1 Å². The van der Waals surface area contributed by atoms with Crippen LogP contribution in [0.2, 0.25) is 0 Å². The highest BCUT2D eigenvalue weighted by molar-refractivity contribution is 5.75. The Morgan fingerprint density at radius 2 is 2.28 bits per heavy atom. The van der Waals surface area contributed by atoms with Crippen LogP contribution >= 0.6 is 0 Å². The summed E-state index contributed by atoms with van der Waals surface area (Å²) in [6, 6.07) is 6.35. The number of hydrogen-bond donors (Lipinski definition) is 2. The van der Waals surface area contributed by atoms with Crippen LogP contribution in [-0.4, -0.2) is 37.9 Å². The zero-order valence-corrected chi connectivity index (χ0v) is 10.7. The predicted octanol–water partition coefficient (Wildman–Crippen LogP) is 1.45. The van der Waals surface area contributed by atoms with Gasteiger partial charge in [-0.15, -0.1) is 0 Å². The number of hydrogen-bond acceptors (Lipinski definition) is 4. The molecule has 0 saturated heterocycles. The Labute approximate surface area is 107 Å². The fraction of sp³-hybridized carbons (Fsp3) is 0.462. The molecule has 0 aliphatic rings. The highest BCUT2D eigenvalue weighted by Gasteiger charge is 2.19. The molecule has 0 aromatic heterocycles. The summed E-state index contributed by atoms with van der Waals surface area (Å²) >= 11 is 0. The van der Waals surface area contributed by atoms with Crippen molar-refractivity contribution >= 4 is 5.97 Å². The lowest BCUT2D eigenvalue weighted by atomic mass is 10.1. The SMILES string of the molecule is CCOc1cccc(C(NCCOC)C(=O)O)c1. The van der Waals surface area contributed by atoms with Crippen molar-refractivity contribution in [2.75, 3.05) is 26.9 Å². The molecule has 18 heavy (non-hydrogen) atoms. The van der Waals surface area contributed by atoms with Crippen LogP contribution in [0.3, 0.4) is 0 Å². The van der Waals surface area contributed by atoms with Crippen molar-refractivity contribution in [2.45, 2.75) is 13.0 Å². The molecule has 5 nitrogen and oxygen atoms in total. The minimum absolute atomic E-state index is 0.467. The number of aliphatic carboxylic acids is 1. The van der Waals surface area contributed by atoms with E-state index in [9.17, 15) is 9.90 Å². The standard InChI is InChI=1S/C13H19NO4/c1-3-18-11-6-4-5-10(9-11)12(13(15)16)14-7-8-17-2/h4-6,9,12,14H,3,7-8H2,1-2H3,(H,15,16). The first-order valence-corrected chi connectivity index (χ1v) is 5.87. The van der Waals surface area contributed by atoms with E-state index in [2.05, 4.69) is 5.32 Å². The maximum Gasteiger partial charge on any atom is 0.325 e. The monoisotopic (exact) mass is 253 g/mol. The largest absolute Gasteiger partial charge is 0.494 e. The number of carboxylic acid groups (broad SMARTS) is 1. The number of rotatable bonds is 8. The summed E-state index contributed by atoms with van der Waals surface area (Å²) in [4.78, 5) is 11.2. The van der Waals surface area contributed by atoms with E-state index in [1.807, 2.05) is 6.92 Å². The molecule has 5 heteroatoms. The molecule has 1 rings (SSSR count). The molecule has 0 aliphatic carbocycles. The highest BCUT2D eigenvalue weighted by atomic mass is 16.5. The number of benzene rings is 1. The van der Waals surface area contributed by atoms with Gasteiger partial charge in [0.05, 0.1) is 13.2 Å². The van der Waals surface area contributed by atoms with Crippen LogP contribution in [-0.2, 0) is 9.53 Å². The van der Waals surface area contributed by atoms with Crippen LogP contribution in [0.5, 0.6) is 5.75 Å². The van der Waals surface area contributed by atoms with Gasteiger partial charge in [-0.05, 0) is 24.6 Å². The minimum atomic E-state index is -0.917. The Morgan fingerprint density at radius 3 is 2.89 bits per heavy atom. The van der Waals surface area contributed by atoms with Crippen molar-refractivity contribution in [3.63, 3.8) is 0 Å². The van der Waals surface area contributed by atoms with E-state index >= 15 is 0 Å². The molecular weight excluding hydrogens is 234 g/mol. The van der Waals surface area contributed by atoms with Crippen molar-refractivity contribution in [2.24, 2.45) is 0 Å². The number of ether oxygens (including phenoxy) is 2. The van der Waals surface area contributed by atoms with Crippen LogP contribution in [0.4, 0.5) is 0 Å². The molecule has 2 N–H and O–H groups in total. The highest BCUT2D eigenvalue weighted by Crippen LogP contribution is 2.19. The summed E-state index contributed by atoms with van der Waals surface area (Å²) in [7, 11) is 1.58. The number of nitrogens with one attached hydrogen (secondary N) is 1. The van der Waals surface area contributed by atoms with E-state index in [1.54, 1.807) is 31.4 Å². The van der Waals surface area contributed by atoms with Crippen molar-refractivity contribution in [1.82, 2.24) is 5.32 Å². The van der Waals surface area contributed by atoms with Gasteiger partial charge in [-0.2, -0.15) is 0 Å². The van der Waals surface area contributed by atoms with Crippen molar-refractivity contribution in [1.29, 1.82) is 0 Å². The molecule has 0 amide bonds. The molecule has 100 valence electrons. The lowest BCUT2D eigenvalue weighted by Gasteiger charge is -2.15. The zero-order chi connectivity index (χ0) is 13.4. The van der Waals surface area contributed by atoms with E-state index < -0.39 is 12.0 Å². The van der Waals surface area contributed by atoms with Crippen molar-refractivity contribution in [3.05, 3.63) is 29.8 Å². The van der Waals surface area contributed by atoms with Gasteiger partial charge in [0.2, 0.25) is 0 Å². The molecule has 0 radical (unpaired) electrons. The molecule has 1 aromatic rings. The molecule has 1 atom stereocenters. The maximum atomic E-state index is 11.2. The van der Waals surface area contributed by atoms with Gasteiger partial charge in [0.25, 0.3) is 0 Å². The van der Waals surface area contributed by atoms with Crippen LogP contribution < -0.4 is 10.1 Å². The van der Waals surface area contributed by atoms with Crippen molar-refractivity contribution in [3.8, 4) is 5.75 Å². The van der Waals surface area contributed by atoms with E-state index in [-0.39, 0.29) is 0 Å². The van der Waals surface area contributed by atoms with Crippen LogP contribution in [0.15, 0.2) is 24.3 Å². The summed E-state index contributed by atoms with van der Waals surface area (Å²) in [5, 5.41) is 12.1. The van der Waals surface area contributed by atoms with E-state index in [0.717, 1.165) is 0 Å². The molecule has 0 fully saturated rings. The first-order chi connectivity index (χ1) is 8.69. The Bertz CT molecular complexity index is 381. The third kappa shape index (κ3) is 4.35. The van der Waals surface area contributed by atoms with Gasteiger partial charge in [0.1, 0.15) is 11.8 Å². The summed E-state index contributed by atoms with van der Waals surface area (Å²) in [5.41, 5.74) is 0.671. The summed E-state index contributed by atoms with van der Waals surface area (Å²) in [6.07, 6.45) is 0. The fourth-order valence-electron chi connectivity index (χ4n) is 1.60. The Hall–Kier alpha value is -1.59. The zero-order valence-electron chi connectivity index (χ0n) is 10.7. The second kappa shape index (κ2) is 7.68. The van der Waals surface area contributed by atoms with Gasteiger partial charge in [-0.3, -0.25) is 10.1 Å². The van der Waals surface area contributed by atoms with Gasteiger partial charge < -0.3 is 14.6 Å². The lowest BCUT2D eigenvalue weighted by Crippen LogP contribution is -2.31. The first kappa shape index (κ1) is 14.5. The minimum Gasteiger partial charge on any atom is -0.494 e. The molecule has 0 spiro atoms. The second-order valence-electron chi connectivity index (χ2n) is 3.72. The third-order valence-electron chi connectivity index (χ3n) is 2.40. The topological polar surface area (TPSA) is 67.8 Å². The molecule has 0 heterocycles. The summed E-state index contributed by atoms with van der Waals surface area (Å²) < 4.78 is 10.2. The molecule has 0 bridgehead atoms. The van der Waals surface area contributed by atoms with E-state index in [4.69, 9.17) is 9.47 Å². The molecule has 1 unspecified atom stereocenters.